The molecule has 1 aromatic carbocycles. The third kappa shape index (κ3) is 3.99. The first kappa shape index (κ1) is 17.2. The summed E-state index contributed by atoms with van der Waals surface area (Å²) in [5.41, 5.74) is 3.91. The number of hydrogen-bond acceptors (Lipinski definition) is 5. The van der Waals surface area contributed by atoms with Gasteiger partial charge in [-0.25, -0.2) is 9.78 Å². The lowest BCUT2D eigenvalue weighted by atomic mass is 9.97. The SMILES string of the molecule is CSc1ncccc1C(=O)OCC(=O)c1c(C)cc(C)cc1C. The van der Waals surface area contributed by atoms with Gasteiger partial charge in [0.25, 0.3) is 0 Å². The molecule has 1 aromatic heterocycles. The molecule has 0 spiro atoms. The second-order valence-corrected chi connectivity index (χ2v) is 6.13. The highest BCUT2D eigenvalue weighted by atomic mass is 32.2. The average Bonchev–Trinajstić information content (AvgIpc) is 2.51. The summed E-state index contributed by atoms with van der Waals surface area (Å²) in [4.78, 5) is 28.7. The molecule has 4 nitrogen and oxygen atoms in total. The van der Waals surface area contributed by atoms with E-state index in [1.54, 1.807) is 18.3 Å². The van der Waals surface area contributed by atoms with Crippen LogP contribution in [0, 0.1) is 20.8 Å². The van der Waals surface area contributed by atoms with Gasteiger partial charge in [0.05, 0.1) is 5.56 Å². The Morgan fingerprint density at radius 3 is 2.43 bits per heavy atom. The number of ether oxygens (including phenoxy) is 1. The van der Waals surface area contributed by atoms with Crippen LogP contribution in [-0.2, 0) is 4.74 Å². The van der Waals surface area contributed by atoms with Gasteiger partial charge >= 0.3 is 5.97 Å². The summed E-state index contributed by atoms with van der Waals surface area (Å²) in [6.45, 7) is 5.50. The number of thioether (sulfide) groups is 1. The topological polar surface area (TPSA) is 56.3 Å². The van der Waals surface area contributed by atoms with Gasteiger partial charge in [-0.3, -0.25) is 4.79 Å². The number of carbonyl (C=O) groups excluding carboxylic acids is 2. The predicted molar refractivity (Wildman–Crippen MR) is 91.3 cm³/mol. The lowest BCUT2D eigenvalue weighted by Crippen LogP contribution is -2.17. The molecular formula is C18H19NO3S. The Hall–Kier alpha value is -2.14. The first-order valence-corrected chi connectivity index (χ1v) is 8.43. The van der Waals surface area contributed by atoms with Gasteiger partial charge < -0.3 is 4.74 Å². The lowest BCUT2D eigenvalue weighted by Gasteiger charge is -2.11. The van der Waals surface area contributed by atoms with E-state index in [2.05, 4.69) is 4.98 Å². The van der Waals surface area contributed by atoms with Crippen LogP contribution in [0.25, 0.3) is 0 Å². The van der Waals surface area contributed by atoms with Crippen molar-refractivity contribution in [2.24, 2.45) is 0 Å². The normalized spacial score (nSPS) is 10.4. The van der Waals surface area contributed by atoms with E-state index in [9.17, 15) is 9.59 Å². The summed E-state index contributed by atoms with van der Waals surface area (Å²) in [5.74, 6) is -0.721. The van der Waals surface area contributed by atoms with Crippen molar-refractivity contribution in [2.45, 2.75) is 25.8 Å². The molecule has 0 saturated heterocycles. The molecule has 0 N–H and O–H groups in total. The monoisotopic (exact) mass is 329 g/mol. The first-order valence-electron chi connectivity index (χ1n) is 7.21. The smallest absolute Gasteiger partial charge is 0.341 e. The number of Topliss-reactive ketones (excluding diaryl/α,β-unsaturated/α-hetero) is 1. The van der Waals surface area contributed by atoms with Crippen LogP contribution in [-0.4, -0.2) is 29.6 Å². The van der Waals surface area contributed by atoms with Gasteiger partial charge in [0.2, 0.25) is 5.78 Å². The molecule has 0 atom stereocenters. The van der Waals surface area contributed by atoms with Crippen LogP contribution in [0.5, 0.6) is 0 Å². The molecule has 0 amide bonds. The zero-order chi connectivity index (χ0) is 17.0. The fourth-order valence-electron chi connectivity index (χ4n) is 2.61. The number of nitrogens with zero attached hydrogens (tertiary/aromatic N) is 1. The quantitative estimate of drug-likeness (QED) is 0.475. The molecule has 0 aliphatic rings. The molecule has 1 heterocycles. The number of hydrogen-bond donors (Lipinski definition) is 0. The molecule has 23 heavy (non-hydrogen) atoms. The average molecular weight is 329 g/mol. The molecule has 0 saturated carbocycles. The van der Waals surface area contributed by atoms with E-state index in [1.807, 2.05) is 39.2 Å². The number of rotatable bonds is 5. The van der Waals surface area contributed by atoms with Gasteiger partial charge in [-0.2, -0.15) is 0 Å². The molecule has 0 fully saturated rings. The minimum absolute atomic E-state index is 0.192. The van der Waals surface area contributed by atoms with Crippen molar-refractivity contribution in [3.05, 3.63) is 58.3 Å². The van der Waals surface area contributed by atoms with E-state index in [4.69, 9.17) is 4.74 Å². The van der Waals surface area contributed by atoms with Gasteiger partial charge in [-0.1, -0.05) is 17.7 Å². The second-order valence-electron chi connectivity index (χ2n) is 5.33. The Bertz CT molecular complexity index is 733. The maximum atomic E-state index is 12.4. The van der Waals surface area contributed by atoms with E-state index >= 15 is 0 Å². The lowest BCUT2D eigenvalue weighted by molar-refractivity contribution is 0.0470. The Balaban J connectivity index is 2.12. The Morgan fingerprint density at radius 2 is 1.83 bits per heavy atom. The molecule has 0 unspecified atom stereocenters. The van der Waals surface area contributed by atoms with Crippen LogP contribution >= 0.6 is 11.8 Å². The molecule has 0 bridgehead atoms. The van der Waals surface area contributed by atoms with E-state index in [-0.39, 0.29) is 12.4 Å². The maximum absolute atomic E-state index is 12.4. The minimum atomic E-state index is -0.529. The third-order valence-electron chi connectivity index (χ3n) is 3.47. The Morgan fingerprint density at radius 1 is 1.17 bits per heavy atom. The highest BCUT2D eigenvalue weighted by Crippen LogP contribution is 2.19. The molecule has 0 aliphatic carbocycles. The minimum Gasteiger partial charge on any atom is -0.454 e. The van der Waals surface area contributed by atoms with Crippen LogP contribution in [0.2, 0.25) is 0 Å². The van der Waals surface area contributed by atoms with Gasteiger partial charge in [0.15, 0.2) is 6.61 Å². The summed E-state index contributed by atoms with van der Waals surface area (Å²) in [5, 5.41) is 0.590. The van der Waals surface area contributed by atoms with Crippen molar-refractivity contribution < 1.29 is 14.3 Å². The van der Waals surface area contributed by atoms with E-state index in [1.165, 1.54) is 11.8 Å². The van der Waals surface area contributed by atoms with Crippen molar-refractivity contribution in [3.63, 3.8) is 0 Å². The fourth-order valence-corrected chi connectivity index (χ4v) is 3.15. The molecule has 2 aromatic rings. The number of benzene rings is 1. The summed E-state index contributed by atoms with van der Waals surface area (Å²) in [6.07, 6.45) is 3.45. The highest BCUT2D eigenvalue weighted by molar-refractivity contribution is 7.98. The molecular weight excluding hydrogens is 310 g/mol. The zero-order valence-electron chi connectivity index (χ0n) is 13.7. The van der Waals surface area contributed by atoms with Crippen molar-refractivity contribution >= 4 is 23.5 Å². The Kier molecular flexibility index (Phi) is 5.55. The second kappa shape index (κ2) is 7.42. The van der Waals surface area contributed by atoms with Crippen molar-refractivity contribution in [1.29, 1.82) is 0 Å². The number of carbonyl (C=O) groups is 2. The van der Waals surface area contributed by atoms with Crippen LogP contribution in [0.3, 0.4) is 0 Å². The van der Waals surface area contributed by atoms with E-state index in [0.717, 1.165) is 16.7 Å². The van der Waals surface area contributed by atoms with Crippen molar-refractivity contribution in [1.82, 2.24) is 4.98 Å². The first-order chi connectivity index (χ1) is 10.9. The number of pyridine rings is 1. The number of aromatic nitrogens is 1. The fraction of sp³-hybridized carbons (Fsp3) is 0.278. The Labute approximate surface area is 140 Å². The highest BCUT2D eigenvalue weighted by Gasteiger charge is 2.18. The van der Waals surface area contributed by atoms with Crippen molar-refractivity contribution in [3.8, 4) is 0 Å². The van der Waals surface area contributed by atoms with Gasteiger partial charge in [0, 0.05) is 11.8 Å². The molecule has 0 aliphatic heterocycles. The van der Waals surface area contributed by atoms with Gasteiger partial charge in [-0.15, -0.1) is 11.8 Å². The molecule has 0 radical (unpaired) electrons. The molecule has 2 rings (SSSR count). The number of aryl methyl sites for hydroxylation is 3. The maximum Gasteiger partial charge on any atom is 0.341 e. The standard InChI is InChI=1S/C18H19NO3S/c1-11-8-12(2)16(13(3)9-11)15(20)10-22-18(21)14-6-5-7-19-17(14)23-4/h5-9H,10H2,1-4H3. The number of esters is 1. The van der Waals surface area contributed by atoms with Gasteiger partial charge in [0.1, 0.15) is 5.03 Å². The zero-order valence-corrected chi connectivity index (χ0v) is 14.5. The third-order valence-corrected chi connectivity index (χ3v) is 4.19. The molecule has 120 valence electrons. The van der Waals surface area contributed by atoms with Crippen LogP contribution in [0.15, 0.2) is 35.5 Å². The van der Waals surface area contributed by atoms with E-state index < -0.39 is 5.97 Å². The largest absolute Gasteiger partial charge is 0.454 e. The number of ketones is 1. The van der Waals surface area contributed by atoms with Crippen LogP contribution in [0.4, 0.5) is 0 Å². The van der Waals surface area contributed by atoms with Crippen LogP contribution < -0.4 is 0 Å². The summed E-state index contributed by atoms with van der Waals surface area (Å²) < 4.78 is 5.19. The van der Waals surface area contributed by atoms with Gasteiger partial charge in [-0.05, 0) is 50.3 Å². The van der Waals surface area contributed by atoms with Crippen LogP contribution in [0.1, 0.15) is 37.4 Å². The predicted octanol–water partition coefficient (Wildman–Crippen LogP) is 3.77. The summed E-state index contributed by atoms with van der Waals surface area (Å²) >= 11 is 1.36. The summed E-state index contributed by atoms with van der Waals surface area (Å²) in [6, 6.07) is 7.23. The van der Waals surface area contributed by atoms with E-state index in [0.29, 0.717) is 16.2 Å². The van der Waals surface area contributed by atoms with Crippen molar-refractivity contribution in [2.75, 3.05) is 12.9 Å². The summed E-state index contributed by atoms with van der Waals surface area (Å²) in [7, 11) is 0. The molecule has 5 heteroatoms.